The maximum absolute atomic E-state index is 13.3. The minimum absolute atomic E-state index is 0.113. The molecule has 2 N–H and O–H groups in total. The van der Waals surface area contributed by atoms with Crippen molar-refractivity contribution in [3.63, 3.8) is 0 Å². The van der Waals surface area contributed by atoms with Gasteiger partial charge in [0.05, 0.1) is 17.1 Å². The lowest BCUT2D eigenvalue weighted by Crippen LogP contribution is -2.13. The molecule has 0 radical (unpaired) electrons. The van der Waals surface area contributed by atoms with E-state index in [1.807, 2.05) is 32.0 Å². The molecule has 176 valence electrons. The molecule has 0 bridgehead atoms. The van der Waals surface area contributed by atoms with Crippen molar-refractivity contribution < 1.29 is 8.94 Å². The highest BCUT2D eigenvalue weighted by Crippen LogP contribution is 2.33. The monoisotopic (exact) mass is 489 g/mol. The predicted molar refractivity (Wildman–Crippen MR) is 133 cm³/mol. The van der Waals surface area contributed by atoms with Crippen LogP contribution in [0.5, 0.6) is 0 Å². The van der Waals surface area contributed by atoms with Crippen molar-refractivity contribution >= 4 is 28.3 Å². The third-order valence-corrected chi connectivity index (χ3v) is 5.86. The molecule has 0 unspecified atom stereocenters. The molecule has 4 aromatic heterocycles. The lowest BCUT2D eigenvalue weighted by Gasteiger charge is -2.19. The summed E-state index contributed by atoms with van der Waals surface area (Å²) in [5.41, 5.74) is 3.97. The van der Waals surface area contributed by atoms with Crippen molar-refractivity contribution in [3.8, 4) is 23.0 Å². The minimum atomic E-state index is -0.704. The number of H-pyrrole nitrogens is 1. The summed E-state index contributed by atoms with van der Waals surface area (Å²) in [4.78, 5) is 35.9. The summed E-state index contributed by atoms with van der Waals surface area (Å²) in [5.74, 6) is -0.139. The van der Waals surface area contributed by atoms with Crippen molar-refractivity contribution in [2.24, 2.45) is 0 Å². The summed E-state index contributed by atoms with van der Waals surface area (Å²) in [6, 6.07) is 12.2. The van der Waals surface area contributed by atoms with E-state index in [1.165, 1.54) is 0 Å². The van der Waals surface area contributed by atoms with Crippen LogP contribution in [-0.4, -0.2) is 20.1 Å². The number of pyridine rings is 2. The Morgan fingerprint density at radius 1 is 1.11 bits per heavy atom. The number of benzene rings is 1. The van der Waals surface area contributed by atoms with Crippen molar-refractivity contribution in [3.05, 3.63) is 91.3 Å². The molecule has 9 nitrogen and oxygen atoms in total. The second kappa shape index (κ2) is 8.84. The summed E-state index contributed by atoms with van der Waals surface area (Å²) >= 11 is 6.09. The quantitative estimate of drug-likeness (QED) is 0.329. The molecule has 0 saturated carbocycles. The Kier molecular flexibility index (Phi) is 5.70. The average molecular weight is 490 g/mol. The van der Waals surface area contributed by atoms with Crippen LogP contribution in [0.1, 0.15) is 29.7 Å². The normalized spacial score (nSPS) is 12.1. The molecule has 35 heavy (non-hydrogen) atoms. The lowest BCUT2D eigenvalue weighted by atomic mass is 9.99. The number of aryl methyl sites for hydroxylation is 1. The van der Waals surface area contributed by atoms with Gasteiger partial charge in [-0.2, -0.15) is 0 Å². The van der Waals surface area contributed by atoms with E-state index < -0.39 is 5.76 Å². The third kappa shape index (κ3) is 4.22. The molecule has 0 fully saturated rings. The van der Waals surface area contributed by atoms with Crippen LogP contribution in [0, 0.1) is 13.8 Å². The van der Waals surface area contributed by atoms with E-state index in [0.29, 0.717) is 39.4 Å². The number of rotatable bonds is 5. The minimum Gasteiger partial charge on any atom is -0.454 e. The number of halogens is 1. The molecule has 5 aromatic rings. The fraction of sp³-hybridized carbons (Fsp3) is 0.160. The van der Waals surface area contributed by atoms with Crippen LogP contribution < -0.4 is 16.5 Å². The third-order valence-electron chi connectivity index (χ3n) is 5.65. The van der Waals surface area contributed by atoms with Gasteiger partial charge < -0.3 is 9.73 Å². The summed E-state index contributed by atoms with van der Waals surface area (Å²) in [7, 11) is 0. The zero-order valence-electron chi connectivity index (χ0n) is 19.0. The molecule has 1 aromatic carbocycles. The van der Waals surface area contributed by atoms with Crippen LogP contribution in [0.15, 0.2) is 67.2 Å². The Hall–Kier alpha value is -4.24. The van der Waals surface area contributed by atoms with Gasteiger partial charge in [0.1, 0.15) is 22.1 Å². The van der Waals surface area contributed by atoms with Gasteiger partial charge in [0, 0.05) is 17.3 Å². The van der Waals surface area contributed by atoms with E-state index in [2.05, 4.69) is 29.9 Å². The van der Waals surface area contributed by atoms with Crippen molar-refractivity contribution in [2.75, 3.05) is 5.32 Å². The van der Waals surface area contributed by atoms with E-state index in [4.69, 9.17) is 16.0 Å². The van der Waals surface area contributed by atoms with Crippen LogP contribution in [0.2, 0.25) is 5.15 Å². The molecule has 4 heterocycles. The standard InChI is InChI=1S/C25H20ClN5O4/c1-12-10-15(14(3)28-17-7-8-19(26)29-20(17)24-30-25(33)35-31-24)23-16(11-12)21(32)13(2)22(34-23)18-6-4-5-9-27-18/h4-11,14,28H,1-3H3,(H,30,31,33)/t14-/m1/s1. The van der Waals surface area contributed by atoms with Crippen molar-refractivity contribution in [2.45, 2.75) is 26.8 Å². The fourth-order valence-corrected chi connectivity index (χ4v) is 4.15. The SMILES string of the molecule is Cc1cc([C@@H](C)Nc2ccc(Cl)nc2-c2noc(=O)[nH]2)c2oc(-c3ccccn3)c(C)c(=O)c2c1. The predicted octanol–water partition coefficient (Wildman–Crippen LogP) is 5.04. The zero-order valence-corrected chi connectivity index (χ0v) is 19.8. The van der Waals surface area contributed by atoms with Gasteiger partial charge in [-0.15, -0.1) is 0 Å². The molecule has 0 aliphatic rings. The summed E-state index contributed by atoms with van der Waals surface area (Å²) < 4.78 is 11.0. The van der Waals surface area contributed by atoms with E-state index in [9.17, 15) is 9.59 Å². The smallest absolute Gasteiger partial charge is 0.439 e. The largest absolute Gasteiger partial charge is 0.454 e. The second-order valence-corrected chi connectivity index (χ2v) is 8.56. The molecule has 0 amide bonds. The summed E-state index contributed by atoms with van der Waals surface area (Å²) in [6.07, 6.45) is 1.66. The molecule has 0 saturated heterocycles. The summed E-state index contributed by atoms with van der Waals surface area (Å²) in [5, 5.41) is 7.81. The molecule has 1 atom stereocenters. The second-order valence-electron chi connectivity index (χ2n) is 8.17. The first-order valence-electron chi connectivity index (χ1n) is 10.8. The van der Waals surface area contributed by atoms with Crippen LogP contribution in [0.3, 0.4) is 0 Å². The van der Waals surface area contributed by atoms with Crippen LogP contribution >= 0.6 is 11.6 Å². The maximum Gasteiger partial charge on any atom is 0.439 e. The molecule has 5 rings (SSSR count). The number of fused-ring (bicyclic) bond motifs is 1. The fourth-order valence-electron chi connectivity index (χ4n) is 4.01. The molecule has 0 aliphatic heterocycles. The van der Waals surface area contributed by atoms with E-state index >= 15 is 0 Å². The number of aromatic nitrogens is 4. The Morgan fingerprint density at radius 3 is 2.66 bits per heavy atom. The Labute approximate surface area is 203 Å². The van der Waals surface area contributed by atoms with Gasteiger partial charge in [-0.3, -0.25) is 19.3 Å². The highest BCUT2D eigenvalue weighted by atomic mass is 35.5. The van der Waals surface area contributed by atoms with E-state index in [-0.39, 0.29) is 22.4 Å². The van der Waals surface area contributed by atoms with Gasteiger partial charge in [-0.25, -0.2) is 9.78 Å². The molecule has 10 heteroatoms. The highest BCUT2D eigenvalue weighted by molar-refractivity contribution is 6.29. The summed E-state index contributed by atoms with van der Waals surface area (Å²) in [6.45, 7) is 5.59. The van der Waals surface area contributed by atoms with E-state index in [1.54, 1.807) is 37.4 Å². The molecule has 0 spiro atoms. The number of hydrogen-bond donors (Lipinski definition) is 2. The lowest BCUT2D eigenvalue weighted by molar-refractivity contribution is 0.388. The van der Waals surface area contributed by atoms with Crippen LogP contribution in [0.25, 0.3) is 33.9 Å². The molecular weight excluding hydrogens is 470 g/mol. The van der Waals surface area contributed by atoms with Gasteiger partial charge >= 0.3 is 5.76 Å². The van der Waals surface area contributed by atoms with Crippen molar-refractivity contribution in [1.29, 1.82) is 0 Å². The van der Waals surface area contributed by atoms with Crippen molar-refractivity contribution in [1.82, 2.24) is 20.1 Å². The topological polar surface area (TPSA) is 127 Å². The number of nitrogens with zero attached hydrogens (tertiary/aromatic N) is 3. The van der Waals surface area contributed by atoms with Gasteiger partial charge in [0.15, 0.2) is 11.2 Å². The first-order valence-corrected chi connectivity index (χ1v) is 11.2. The number of hydrogen-bond acceptors (Lipinski definition) is 8. The maximum atomic E-state index is 13.3. The number of nitrogens with one attached hydrogen (secondary N) is 2. The molecule has 0 aliphatic carbocycles. The average Bonchev–Trinajstić information content (AvgIpc) is 3.29. The Morgan fingerprint density at radius 2 is 1.94 bits per heavy atom. The van der Waals surface area contributed by atoms with Gasteiger partial charge in [0.25, 0.3) is 0 Å². The zero-order chi connectivity index (χ0) is 24.7. The van der Waals surface area contributed by atoms with Gasteiger partial charge in [-0.1, -0.05) is 28.9 Å². The number of aromatic amines is 1. The number of anilines is 1. The van der Waals surface area contributed by atoms with Gasteiger partial charge in [-0.05, 0) is 56.7 Å². The van der Waals surface area contributed by atoms with E-state index in [0.717, 1.165) is 11.1 Å². The first kappa shape index (κ1) is 22.5. The Balaban J connectivity index is 1.65. The molecular formula is C25H20ClN5O4. The first-order chi connectivity index (χ1) is 16.8. The Bertz CT molecular complexity index is 1670. The van der Waals surface area contributed by atoms with Crippen LogP contribution in [0.4, 0.5) is 5.69 Å². The van der Waals surface area contributed by atoms with Gasteiger partial charge in [0.2, 0.25) is 5.82 Å². The van der Waals surface area contributed by atoms with Crippen LogP contribution in [-0.2, 0) is 0 Å². The highest BCUT2D eigenvalue weighted by Gasteiger charge is 2.21.